The van der Waals surface area contributed by atoms with Gasteiger partial charge in [0, 0.05) is 39.7 Å². The first kappa shape index (κ1) is 93.8. The minimum Gasteiger partial charge on any atom is -0.469 e. The lowest BCUT2D eigenvalue weighted by molar-refractivity contribution is -0.151. The summed E-state index contributed by atoms with van der Waals surface area (Å²) in [6, 6.07) is 59.4. The third-order valence-corrected chi connectivity index (χ3v) is 14.4. The predicted octanol–water partition coefficient (Wildman–Crippen LogP) is 15.7. The van der Waals surface area contributed by atoms with Gasteiger partial charge >= 0.3 is 29.8 Å². The molecule has 0 aromatic heterocycles. The van der Waals surface area contributed by atoms with Gasteiger partial charge in [-0.1, -0.05) is 268 Å². The monoisotopic (exact) mass is 1460 g/mol. The zero-order valence-corrected chi connectivity index (χ0v) is 63.4. The topological polar surface area (TPSA) is 254 Å². The Labute approximate surface area is 631 Å². The Hall–Kier alpha value is -11.2. The molecular weight excluding hydrogens is 1360 g/mol. The van der Waals surface area contributed by atoms with Gasteiger partial charge in [-0.25, -0.2) is 4.79 Å². The molecule has 0 saturated carbocycles. The number of carbonyl (C=O) groups excluding carboxylic acids is 10. The average molecular weight is 1470 g/mol. The third kappa shape index (κ3) is 48.4. The van der Waals surface area contributed by atoms with Gasteiger partial charge in [0.1, 0.15) is 52.7 Å². The molecule has 1 fully saturated rings. The maximum Gasteiger partial charge on any atom is 0.341 e. The van der Waals surface area contributed by atoms with Crippen molar-refractivity contribution < 1.29 is 90.6 Å². The van der Waals surface area contributed by atoms with Crippen LogP contribution < -0.4 is 0 Å². The standard InChI is InChI=1S/C16H20O4.2C15H18O3.C14H14O3.C13H14O2.C10H12O.C5H8O3/c1-13(16(18)19-2)15(17)10-12-20-11-6-9-14-7-4-3-5-8-14;1-11(14(12(2)16)15(17)18-3)9-10-13-7-5-4-6-8-13;1-13(18-14(2)16)10-12-17-11-6-9-15-7-4-3-5-8-15;1-11(15)13(14(16)17-2)10-6-9-12-7-4-3-5-8-12;14-12-8-9-15-13(10-12)7-6-11-4-2-1-3-5-11;1-11-9-5-8-10-6-3-2-4-7-10;1-4(6)3-5(7)8-2/h3-9,13H,10-12H2,1-2H3;4-11,14H,1-3H3;3-9H,1,10-12H2,2H3;3-10H,1-2H3;1-7,13H,8-10H2;2-8H,9H2,1H3;3H2,1-2H3/b9-6+;10-9+;9-6+;;7-6+;8-5+;. The second kappa shape index (κ2) is 60.1. The number of allylic oxidation sites excluding steroid dienone is 3. The number of ketones is 5. The maximum atomic E-state index is 11.6. The average Bonchev–Trinajstić information content (AvgIpc) is 0.881. The Kier molecular flexibility index (Phi) is 52.7. The lowest BCUT2D eigenvalue weighted by Gasteiger charge is -2.18. The van der Waals surface area contributed by atoms with E-state index in [4.69, 9.17) is 23.7 Å². The molecule has 19 heteroatoms. The van der Waals surface area contributed by atoms with E-state index in [1.807, 2.05) is 244 Å². The molecule has 6 aromatic rings. The number of hydrogen-bond donors (Lipinski definition) is 0. The van der Waals surface area contributed by atoms with E-state index in [0.717, 1.165) is 27.8 Å². The van der Waals surface area contributed by atoms with Gasteiger partial charge < -0.3 is 42.6 Å². The molecule has 19 nitrogen and oxygen atoms in total. The molecule has 570 valence electrons. The van der Waals surface area contributed by atoms with Gasteiger partial charge in [0.15, 0.2) is 5.78 Å². The fourth-order valence-electron chi connectivity index (χ4n) is 8.75. The molecule has 1 saturated heterocycles. The van der Waals surface area contributed by atoms with Gasteiger partial charge in [0.05, 0.1) is 74.2 Å². The highest BCUT2D eigenvalue weighted by atomic mass is 16.5. The Morgan fingerprint density at radius 1 is 0.514 bits per heavy atom. The second-order valence-electron chi connectivity index (χ2n) is 23.2. The summed E-state index contributed by atoms with van der Waals surface area (Å²) in [6.07, 6.45) is 26.2. The van der Waals surface area contributed by atoms with E-state index < -0.39 is 35.7 Å². The number of hydrogen-bond acceptors (Lipinski definition) is 19. The van der Waals surface area contributed by atoms with E-state index >= 15 is 0 Å². The van der Waals surface area contributed by atoms with Crippen molar-refractivity contribution in [3.05, 3.63) is 276 Å². The van der Waals surface area contributed by atoms with Crippen LogP contribution in [0.2, 0.25) is 0 Å². The number of methoxy groups -OCH3 is 5. The molecule has 4 atom stereocenters. The molecule has 7 rings (SSSR count). The predicted molar refractivity (Wildman–Crippen MR) is 420 cm³/mol. The molecule has 1 heterocycles. The summed E-state index contributed by atoms with van der Waals surface area (Å²) in [5.41, 5.74) is 6.67. The Morgan fingerprint density at radius 2 is 0.935 bits per heavy atom. The van der Waals surface area contributed by atoms with Crippen LogP contribution >= 0.6 is 0 Å². The van der Waals surface area contributed by atoms with E-state index in [-0.39, 0.29) is 59.5 Å². The van der Waals surface area contributed by atoms with Crippen molar-refractivity contribution in [2.75, 3.05) is 75.2 Å². The van der Waals surface area contributed by atoms with Gasteiger partial charge in [0.25, 0.3) is 0 Å². The summed E-state index contributed by atoms with van der Waals surface area (Å²) in [7, 11) is 6.77. The highest BCUT2D eigenvalue weighted by Gasteiger charge is 2.29. The van der Waals surface area contributed by atoms with Gasteiger partial charge in [-0.05, 0) is 73.1 Å². The SMILES string of the molecule is C=C(CCOC/C=C/c1ccccc1)OC(C)=O.COC(=O)C(=CC=Cc1ccccc1)C(C)=O.COC(=O)C(C(C)=O)C(C)/C=C/c1ccccc1.COC(=O)C(C)C(=O)CCOC/C=C/c1ccccc1.COC(=O)CC(C)=O.COC/C=C/c1ccccc1.O=C1CCOC(/C=C/c2ccccc2)C1. The first-order valence-electron chi connectivity index (χ1n) is 34.5. The summed E-state index contributed by atoms with van der Waals surface area (Å²) in [4.78, 5) is 110. The zero-order valence-electron chi connectivity index (χ0n) is 63.4. The van der Waals surface area contributed by atoms with Crippen molar-refractivity contribution in [2.24, 2.45) is 17.8 Å². The summed E-state index contributed by atoms with van der Waals surface area (Å²) >= 11 is 0. The van der Waals surface area contributed by atoms with Crippen molar-refractivity contribution in [2.45, 2.75) is 79.8 Å². The number of carbonyl (C=O) groups is 10. The normalized spacial score (nSPS) is 13.1. The van der Waals surface area contributed by atoms with Crippen LogP contribution in [0.15, 0.2) is 242 Å². The maximum absolute atomic E-state index is 11.6. The van der Waals surface area contributed by atoms with E-state index in [1.54, 1.807) is 20.1 Å². The number of benzene rings is 6. The molecule has 0 bridgehead atoms. The van der Waals surface area contributed by atoms with E-state index in [1.165, 1.54) is 67.8 Å². The molecule has 0 N–H and O–H groups in total. The summed E-state index contributed by atoms with van der Waals surface area (Å²) in [5.74, 6) is -4.13. The van der Waals surface area contributed by atoms with Crippen molar-refractivity contribution >= 4 is 95.2 Å². The quantitative estimate of drug-likeness (QED) is 0.00573. The van der Waals surface area contributed by atoms with Crippen molar-refractivity contribution in [1.82, 2.24) is 0 Å². The van der Waals surface area contributed by atoms with Crippen molar-refractivity contribution in [3.8, 4) is 0 Å². The minimum atomic E-state index is -0.727. The highest BCUT2D eigenvalue weighted by molar-refractivity contribution is 6.16. The number of rotatable bonds is 31. The highest BCUT2D eigenvalue weighted by Crippen LogP contribution is 2.19. The van der Waals surface area contributed by atoms with Crippen LogP contribution in [0.3, 0.4) is 0 Å². The Morgan fingerprint density at radius 3 is 1.31 bits per heavy atom. The van der Waals surface area contributed by atoms with Crippen LogP contribution in [0.5, 0.6) is 0 Å². The molecule has 0 spiro atoms. The molecule has 0 radical (unpaired) electrons. The van der Waals surface area contributed by atoms with Gasteiger partial charge in [0.2, 0.25) is 0 Å². The van der Waals surface area contributed by atoms with E-state index in [0.29, 0.717) is 70.4 Å². The van der Waals surface area contributed by atoms with Gasteiger partial charge in [-0.3, -0.25) is 43.2 Å². The molecule has 107 heavy (non-hydrogen) atoms. The van der Waals surface area contributed by atoms with Crippen molar-refractivity contribution in [1.29, 1.82) is 0 Å². The zero-order chi connectivity index (χ0) is 79.2. The van der Waals surface area contributed by atoms with Crippen LogP contribution in [0.25, 0.3) is 36.5 Å². The van der Waals surface area contributed by atoms with Crippen LogP contribution in [-0.4, -0.2) is 140 Å². The van der Waals surface area contributed by atoms with Crippen LogP contribution in [-0.2, 0) is 90.6 Å². The third-order valence-electron chi connectivity index (χ3n) is 14.4. The molecule has 0 amide bonds. The number of esters is 5. The molecule has 6 aromatic carbocycles. The molecule has 1 aliphatic heterocycles. The Balaban J connectivity index is 0.000000633. The lowest BCUT2D eigenvalue weighted by Crippen LogP contribution is -2.28. The largest absolute Gasteiger partial charge is 0.469 e. The molecule has 1 aliphatic rings. The van der Waals surface area contributed by atoms with Crippen LogP contribution in [0.1, 0.15) is 107 Å². The van der Waals surface area contributed by atoms with Gasteiger partial charge in [-0.2, -0.15) is 0 Å². The first-order chi connectivity index (χ1) is 51.5. The fourth-order valence-corrected chi connectivity index (χ4v) is 8.75. The van der Waals surface area contributed by atoms with E-state index in [9.17, 15) is 47.9 Å². The smallest absolute Gasteiger partial charge is 0.341 e. The number of Topliss-reactive ketones (excluding diaryl/α,β-unsaturated/α-hetero) is 5. The lowest BCUT2D eigenvalue weighted by atomic mass is 9.90. The van der Waals surface area contributed by atoms with Crippen LogP contribution in [0.4, 0.5) is 0 Å². The summed E-state index contributed by atoms with van der Waals surface area (Å²) < 4.78 is 43.7. The first-order valence-corrected chi connectivity index (χ1v) is 34.5. The minimum absolute atomic E-state index is 0.0357. The van der Waals surface area contributed by atoms with Crippen LogP contribution in [0, 0.1) is 17.8 Å². The second-order valence-corrected chi connectivity index (χ2v) is 23.2. The molecular formula is C88H104O19. The Bertz CT molecular complexity index is 3780. The fraction of sp³-hybridized carbons (Fsp3) is 0.295. The molecule has 4 unspecified atom stereocenters. The summed E-state index contributed by atoms with van der Waals surface area (Å²) in [5, 5.41) is 0. The number of ether oxygens (including phenoxy) is 9. The van der Waals surface area contributed by atoms with Crippen molar-refractivity contribution in [3.63, 3.8) is 0 Å². The molecule has 0 aliphatic carbocycles. The summed E-state index contributed by atoms with van der Waals surface area (Å²) in [6.45, 7) is 15.4. The van der Waals surface area contributed by atoms with Gasteiger partial charge in [-0.15, -0.1) is 0 Å². The van der Waals surface area contributed by atoms with E-state index in [2.05, 4.69) is 37.7 Å².